The molecule has 7 nitrogen and oxygen atoms in total. The van der Waals surface area contributed by atoms with Crippen LogP contribution in [0.3, 0.4) is 0 Å². The highest BCUT2D eigenvalue weighted by Crippen LogP contribution is 2.18. The van der Waals surface area contributed by atoms with Crippen molar-refractivity contribution in [3.8, 4) is 0 Å². The first-order valence-electron chi connectivity index (χ1n) is 7.42. The number of carbonyl (C=O) groups is 1. The third-order valence-corrected chi connectivity index (χ3v) is 5.28. The Kier molecular flexibility index (Phi) is 4.11. The predicted octanol–water partition coefficient (Wildman–Crippen LogP) is 0.783. The molecule has 3 rings (SSSR count). The van der Waals surface area contributed by atoms with Gasteiger partial charge in [0.05, 0.1) is 12.7 Å². The topological polar surface area (TPSA) is 83.7 Å². The van der Waals surface area contributed by atoms with Crippen molar-refractivity contribution in [2.24, 2.45) is 0 Å². The average Bonchev–Trinajstić information content (AvgIpc) is 2.86. The molecule has 0 saturated carbocycles. The van der Waals surface area contributed by atoms with Gasteiger partial charge in [-0.1, -0.05) is 6.07 Å². The maximum atomic E-state index is 12.4. The van der Waals surface area contributed by atoms with Crippen LogP contribution in [0, 0.1) is 6.92 Å². The van der Waals surface area contributed by atoms with E-state index >= 15 is 0 Å². The van der Waals surface area contributed by atoms with Crippen molar-refractivity contribution in [3.05, 3.63) is 29.7 Å². The zero-order chi connectivity index (χ0) is 16.6. The molecule has 0 unspecified atom stereocenters. The third-order valence-electron chi connectivity index (χ3n) is 3.98. The number of aryl methyl sites for hydroxylation is 1. The van der Waals surface area contributed by atoms with Gasteiger partial charge in [-0.25, -0.2) is 13.4 Å². The Labute approximate surface area is 134 Å². The second-order valence-corrected chi connectivity index (χ2v) is 7.74. The summed E-state index contributed by atoms with van der Waals surface area (Å²) < 4.78 is 29.9. The summed E-state index contributed by atoms with van der Waals surface area (Å²) in [6.45, 7) is 3.34. The van der Waals surface area contributed by atoms with Crippen molar-refractivity contribution in [1.29, 1.82) is 0 Å². The number of carbonyl (C=O) groups excluding carboxylic acids is 1. The van der Waals surface area contributed by atoms with E-state index in [0.29, 0.717) is 37.7 Å². The summed E-state index contributed by atoms with van der Waals surface area (Å²) in [5.74, 6) is 0.592. The van der Waals surface area contributed by atoms with E-state index in [0.717, 1.165) is 11.1 Å². The highest BCUT2D eigenvalue weighted by molar-refractivity contribution is 7.88. The Morgan fingerprint density at radius 1 is 1.26 bits per heavy atom. The third kappa shape index (κ3) is 3.53. The molecular formula is C15H19N3O4S. The van der Waals surface area contributed by atoms with Crippen LogP contribution in [0.1, 0.15) is 11.5 Å². The molecule has 0 N–H and O–H groups in total. The smallest absolute Gasteiger partial charge is 0.227 e. The number of fused-ring (bicyclic) bond motifs is 1. The Morgan fingerprint density at radius 3 is 2.61 bits per heavy atom. The second-order valence-electron chi connectivity index (χ2n) is 5.75. The Balaban J connectivity index is 1.64. The molecule has 0 atom stereocenters. The summed E-state index contributed by atoms with van der Waals surface area (Å²) in [5, 5.41) is 0. The molecule has 0 aliphatic carbocycles. The van der Waals surface area contributed by atoms with Crippen LogP contribution in [0.25, 0.3) is 11.1 Å². The lowest BCUT2D eigenvalue weighted by Gasteiger charge is -2.33. The van der Waals surface area contributed by atoms with Crippen molar-refractivity contribution < 1.29 is 17.6 Å². The molecular weight excluding hydrogens is 318 g/mol. The zero-order valence-corrected chi connectivity index (χ0v) is 14.0. The molecule has 8 heteroatoms. The summed E-state index contributed by atoms with van der Waals surface area (Å²) >= 11 is 0. The lowest BCUT2D eigenvalue weighted by Crippen LogP contribution is -2.50. The predicted molar refractivity (Wildman–Crippen MR) is 85.4 cm³/mol. The van der Waals surface area contributed by atoms with Crippen molar-refractivity contribution in [3.63, 3.8) is 0 Å². The molecule has 2 heterocycles. The first kappa shape index (κ1) is 15.9. The molecule has 1 saturated heterocycles. The number of hydrogen-bond acceptors (Lipinski definition) is 5. The van der Waals surface area contributed by atoms with E-state index in [4.69, 9.17) is 4.42 Å². The molecule has 0 spiro atoms. The van der Waals surface area contributed by atoms with Crippen LogP contribution < -0.4 is 0 Å². The zero-order valence-electron chi connectivity index (χ0n) is 13.2. The minimum atomic E-state index is -3.18. The number of hydrogen-bond donors (Lipinski definition) is 0. The van der Waals surface area contributed by atoms with Crippen molar-refractivity contribution >= 4 is 27.0 Å². The van der Waals surface area contributed by atoms with Gasteiger partial charge >= 0.3 is 0 Å². The number of nitrogens with zero attached hydrogens (tertiary/aromatic N) is 3. The summed E-state index contributed by atoms with van der Waals surface area (Å²) in [7, 11) is -3.18. The molecule has 1 aromatic heterocycles. The first-order chi connectivity index (χ1) is 10.8. The van der Waals surface area contributed by atoms with Crippen molar-refractivity contribution in [2.75, 3.05) is 32.4 Å². The van der Waals surface area contributed by atoms with Gasteiger partial charge in [-0.2, -0.15) is 4.31 Å². The molecule has 124 valence electrons. The maximum absolute atomic E-state index is 12.4. The standard InChI is InChI=1S/C15H19N3O4S/c1-11-16-13-4-3-12(9-14(13)22-11)10-15(19)17-5-7-18(8-6-17)23(2,20)21/h3-4,9H,5-8,10H2,1-2H3. The number of aromatic nitrogens is 1. The maximum Gasteiger partial charge on any atom is 0.227 e. The van der Waals surface area contributed by atoms with E-state index in [2.05, 4.69) is 4.98 Å². The summed E-state index contributed by atoms with van der Waals surface area (Å²) in [6, 6.07) is 5.55. The van der Waals surface area contributed by atoms with Crippen LogP contribution in [-0.2, 0) is 21.2 Å². The largest absolute Gasteiger partial charge is 0.441 e. The second kappa shape index (κ2) is 5.93. The van der Waals surface area contributed by atoms with E-state index in [-0.39, 0.29) is 12.3 Å². The van der Waals surface area contributed by atoms with Crippen LogP contribution in [0.15, 0.2) is 22.6 Å². The number of oxazole rings is 1. The number of sulfonamides is 1. The fourth-order valence-electron chi connectivity index (χ4n) is 2.75. The molecule has 1 amide bonds. The van der Waals surface area contributed by atoms with Crippen LogP contribution in [0.4, 0.5) is 0 Å². The molecule has 23 heavy (non-hydrogen) atoms. The van der Waals surface area contributed by atoms with Crippen molar-refractivity contribution in [2.45, 2.75) is 13.3 Å². The van der Waals surface area contributed by atoms with Gasteiger partial charge in [0.2, 0.25) is 15.9 Å². The summed E-state index contributed by atoms with van der Waals surface area (Å²) in [5.41, 5.74) is 2.32. The molecule has 1 aliphatic heterocycles. The molecule has 1 aliphatic rings. The molecule has 0 radical (unpaired) electrons. The Morgan fingerprint density at radius 2 is 1.96 bits per heavy atom. The number of amides is 1. The summed E-state index contributed by atoms with van der Waals surface area (Å²) in [4.78, 5) is 18.3. The van der Waals surface area contributed by atoms with Crippen molar-refractivity contribution in [1.82, 2.24) is 14.2 Å². The van der Waals surface area contributed by atoms with Crippen LogP contribution in [0.2, 0.25) is 0 Å². The molecule has 1 aromatic carbocycles. The Bertz CT molecular complexity index is 836. The lowest BCUT2D eigenvalue weighted by molar-refractivity contribution is -0.131. The first-order valence-corrected chi connectivity index (χ1v) is 9.27. The summed E-state index contributed by atoms with van der Waals surface area (Å²) in [6.07, 6.45) is 1.47. The average molecular weight is 337 g/mol. The van der Waals surface area contributed by atoms with Gasteiger partial charge in [-0.3, -0.25) is 4.79 Å². The van der Waals surface area contributed by atoms with Gasteiger partial charge in [0.25, 0.3) is 0 Å². The SMILES string of the molecule is Cc1nc2ccc(CC(=O)N3CCN(S(C)(=O)=O)CC3)cc2o1. The monoisotopic (exact) mass is 337 g/mol. The fourth-order valence-corrected chi connectivity index (χ4v) is 3.58. The minimum Gasteiger partial charge on any atom is -0.441 e. The lowest BCUT2D eigenvalue weighted by atomic mass is 10.1. The van der Waals surface area contributed by atoms with Gasteiger partial charge in [-0.05, 0) is 17.7 Å². The van der Waals surface area contributed by atoms with Gasteiger partial charge in [0, 0.05) is 33.1 Å². The van der Waals surface area contributed by atoms with Gasteiger partial charge < -0.3 is 9.32 Å². The number of piperazine rings is 1. The molecule has 0 bridgehead atoms. The van der Waals surface area contributed by atoms with E-state index in [1.807, 2.05) is 18.2 Å². The normalized spacial score (nSPS) is 16.9. The van der Waals surface area contributed by atoms with Gasteiger partial charge in [-0.15, -0.1) is 0 Å². The highest BCUT2D eigenvalue weighted by atomic mass is 32.2. The fraction of sp³-hybridized carbons (Fsp3) is 0.467. The quantitative estimate of drug-likeness (QED) is 0.826. The number of benzene rings is 1. The van der Waals surface area contributed by atoms with Crippen LogP contribution >= 0.6 is 0 Å². The van der Waals surface area contributed by atoms with Crippen LogP contribution in [-0.4, -0.2) is 60.9 Å². The van der Waals surface area contributed by atoms with E-state index in [1.165, 1.54) is 10.6 Å². The Hall–Kier alpha value is -1.93. The van der Waals surface area contributed by atoms with E-state index in [1.54, 1.807) is 11.8 Å². The molecule has 2 aromatic rings. The minimum absolute atomic E-state index is 0.00580. The van der Waals surface area contributed by atoms with E-state index < -0.39 is 10.0 Å². The van der Waals surface area contributed by atoms with Gasteiger partial charge in [0.15, 0.2) is 11.5 Å². The van der Waals surface area contributed by atoms with Crippen LogP contribution in [0.5, 0.6) is 0 Å². The molecule has 1 fully saturated rings. The highest BCUT2D eigenvalue weighted by Gasteiger charge is 2.25. The van der Waals surface area contributed by atoms with E-state index in [9.17, 15) is 13.2 Å². The van der Waals surface area contributed by atoms with Gasteiger partial charge in [0.1, 0.15) is 5.52 Å². The number of rotatable bonds is 3.